The van der Waals surface area contributed by atoms with Crippen LogP contribution in [0.4, 0.5) is 11.4 Å². The Balaban J connectivity index is 1.69. The lowest BCUT2D eigenvalue weighted by atomic mass is 10.1. The first-order valence-corrected chi connectivity index (χ1v) is 9.33. The second-order valence-corrected chi connectivity index (χ2v) is 7.57. The van der Waals surface area contributed by atoms with Gasteiger partial charge in [0.2, 0.25) is 11.8 Å². The van der Waals surface area contributed by atoms with Crippen LogP contribution in [0.25, 0.3) is 0 Å². The number of nitrogens with zero attached hydrogens (tertiary/aromatic N) is 2. The average molecular weight is 430 g/mol. The molecule has 2 aromatic carbocycles. The summed E-state index contributed by atoms with van der Waals surface area (Å²) in [4.78, 5) is 40.1. The average Bonchev–Trinajstić information content (AvgIpc) is 3.04. The smallest absolute Gasteiger partial charge is 0.253 e. The van der Waals surface area contributed by atoms with Crippen LogP contribution in [-0.2, 0) is 9.59 Å². The van der Waals surface area contributed by atoms with E-state index in [0.29, 0.717) is 17.8 Å². The molecule has 1 aliphatic heterocycles. The summed E-state index contributed by atoms with van der Waals surface area (Å²) in [6, 6.07) is 14.2. The first kappa shape index (κ1) is 19.1. The van der Waals surface area contributed by atoms with Crippen LogP contribution in [0, 0.1) is 5.92 Å². The molecule has 3 rings (SSSR count). The number of carbonyl (C=O) groups excluding carboxylic acids is 3. The number of hydrogen-bond acceptors (Lipinski definition) is 3. The van der Waals surface area contributed by atoms with E-state index in [1.807, 2.05) is 24.3 Å². The van der Waals surface area contributed by atoms with E-state index < -0.39 is 5.92 Å². The third-order valence-corrected chi connectivity index (χ3v) is 4.95. The minimum absolute atomic E-state index is 0.0750. The van der Waals surface area contributed by atoms with Gasteiger partial charge < -0.3 is 15.1 Å². The zero-order valence-electron chi connectivity index (χ0n) is 15.1. The predicted molar refractivity (Wildman–Crippen MR) is 108 cm³/mol. The number of carbonyl (C=O) groups is 3. The summed E-state index contributed by atoms with van der Waals surface area (Å²) in [5.41, 5.74) is 1.82. The van der Waals surface area contributed by atoms with Crippen LogP contribution in [0.15, 0.2) is 53.0 Å². The Morgan fingerprint density at radius 1 is 1.15 bits per heavy atom. The van der Waals surface area contributed by atoms with Gasteiger partial charge in [0.1, 0.15) is 0 Å². The molecule has 0 bridgehead atoms. The molecule has 7 heteroatoms. The molecule has 6 nitrogen and oxygen atoms in total. The normalized spacial score (nSPS) is 16.3. The van der Waals surface area contributed by atoms with Gasteiger partial charge in [0.05, 0.1) is 5.92 Å². The molecule has 1 saturated heterocycles. The molecule has 0 spiro atoms. The highest BCUT2D eigenvalue weighted by molar-refractivity contribution is 9.10. The zero-order valence-corrected chi connectivity index (χ0v) is 16.7. The molecule has 0 aromatic heterocycles. The summed E-state index contributed by atoms with van der Waals surface area (Å²) in [6.45, 7) is 0.336. The number of amides is 3. The monoisotopic (exact) mass is 429 g/mol. The number of rotatable bonds is 4. The van der Waals surface area contributed by atoms with Gasteiger partial charge in [0.25, 0.3) is 5.91 Å². The van der Waals surface area contributed by atoms with Gasteiger partial charge in [-0.25, -0.2) is 0 Å². The van der Waals surface area contributed by atoms with Gasteiger partial charge in [-0.3, -0.25) is 14.4 Å². The molecule has 1 atom stereocenters. The highest BCUT2D eigenvalue weighted by Gasteiger charge is 2.35. The minimum atomic E-state index is -0.436. The Labute approximate surface area is 166 Å². The van der Waals surface area contributed by atoms with E-state index in [4.69, 9.17) is 0 Å². The van der Waals surface area contributed by atoms with E-state index in [-0.39, 0.29) is 24.1 Å². The first-order valence-electron chi connectivity index (χ1n) is 8.53. The van der Waals surface area contributed by atoms with Crippen LogP contribution in [0.1, 0.15) is 16.8 Å². The highest BCUT2D eigenvalue weighted by atomic mass is 79.9. The van der Waals surface area contributed by atoms with Gasteiger partial charge in [-0.2, -0.15) is 0 Å². The van der Waals surface area contributed by atoms with Crippen molar-refractivity contribution in [2.75, 3.05) is 30.9 Å². The van der Waals surface area contributed by atoms with Gasteiger partial charge in [-0.05, 0) is 42.5 Å². The Morgan fingerprint density at radius 3 is 2.52 bits per heavy atom. The van der Waals surface area contributed by atoms with Crippen LogP contribution in [0.2, 0.25) is 0 Å². The Hall–Kier alpha value is -2.67. The summed E-state index contributed by atoms with van der Waals surface area (Å²) in [6.07, 6.45) is 0.165. The molecule has 2 aromatic rings. The summed E-state index contributed by atoms with van der Waals surface area (Å²) in [7, 11) is 3.35. The van der Waals surface area contributed by atoms with E-state index in [1.165, 1.54) is 4.90 Å². The largest absolute Gasteiger partial charge is 0.345 e. The highest BCUT2D eigenvalue weighted by Crippen LogP contribution is 2.27. The Kier molecular flexibility index (Phi) is 5.60. The van der Waals surface area contributed by atoms with Crippen molar-refractivity contribution in [1.29, 1.82) is 0 Å². The number of hydrogen-bond donors (Lipinski definition) is 1. The molecule has 1 N–H and O–H groups in total. The lowest BCUT2D eigenvalue weighted by molar-refractivity contribution is -0.122. The lowest BCUT2D eigenvalue weighted by Crippen LogP contribution is -2.28. The van der Waals surface area contributed by atoms with Crippen molar-refractivity contribution < 1.29 is 14.4 Å². The molecule has 0 unspecified atom stereocenters. The van der Waals surface area contributed by atoms with Crippen molar-refractivity contribution in [3.63, 3.8) is 0 Å². The minimum Gasteiger partial charge on any atom is -0.345 e. The Bertz CT molecular complexity index is 880. The maximum Gasteiger partial charge on any atom is 0.253 e. The molecular weight excluding hydrogens is 410 g/mol. The number of nitrogens with one attached hydrogen (secondary N) is 1. The number of benzene rings is 2. The second-order valence-electron chi connectivity index (χ2n) is 6.65. The van der Waals surface area contributed by atoms with E-state index in [2.05, 4.69) is 21.2 Å². The summed E-state index contributed by atoms with van der Waals surface area (Å²) < 4.78 is 0.930. The van der Waals surface area contributed by atoms with Crippen LogP contribution < -0.4 is 10.2 Å². The van der Waals surface area contributed by atoms with E-state index in [1.54, 1.807) is 43.3 Å². The number of halogens is 1. The summed E-state index contributed by atoms with van der Waals surface area (Å²) in [5.74, 6) is -0.871. The standard InChI is InChI=1S/C20H20BrN3O3/c1-23(2)20(27)13-4-3-5-16(10-13)22-19(26)14-11-18(25)24(12-14)17-8-6-15(21)7-9-17/h3-10,14H,11-12H2,1-2H3,(H,22,26)/t14-/m0/s1. The van der Waals surface area contributed by atoms with Crippen molar-refractivity contribution in [2.24, 2.45) is 5.92 Å². The molecule has 1 fully saturated rings. The Morgan fingerprint density at radius 2 is 1.85 bits per heavy atom. The molecule has 0 aliphatic carbocycles. The van der Waals surface area contributed by atoms with Crippen molar-refractivity contribution >= 4 is 45.0 Å². The second kappa shape index (κ2) is 7.92. The van der Waals surface area contributed by atoms with E-state index in [0.717, 1.165) is 10.2 Å². The zero-order chi connectivity index (χ0) is 19.6. The summed E-state index contributed by atoms with van der Waals surface area (Å²) >= 11 is 3.37. The van der Waals surface area contributed by atoms with Crippen molar-refractivity contribution in [1.82, 2.24) is 4.90 Å². The van der Waals surface area contributed by atoms with Crippen molar-refractivity contribution in [3.8, 4) is 0 Å². The summed E-state index contributed by atoms with van der Waals surface area (Å²) in [5, 5.41) is 2.82. The molecule has 3 amide bonds. The number of anilines is 2. The fourth-order valence-corrected chi connectivity index (χ4v) is 3.25. The topological polar surface area (TPSA) is 69.7 Å². The van der Waals surface area contributed by atoms with Gasteiger partial charge in [0, 0.05) is 48.5 Å². The predicted octanol–water partition coefficient (Wildman–Crippen LogP) is 3.14. The van der Waals surface area contributed by atoms with Crippen molar-refractivity contribution in [2.45, 2.75) is 6.42 Å². The van der Waals surface area contributed by atoms with E-state index in [9.17, 15) is 14.4 Å². The molecular formula is C20H20BrN3O3. The third-order valence-electron chi connectivity index (χ3n) is 4.42. The molecule has 0 radical (unpaired) electrons. The van der Waals surface area contributed by atoms with Crippen molar-refractivity contribution in [3.05, 3.63) is 58.6 Å². The molecule has 140 valence electrons. The maximum atomic E-state index is 12.6. The van der Waals surface area contributed by atoms with Gasteiger partial charge in [0.15, 0.2) is 0 Å². The fourth-order valence-electron chi connectivity index (χ4n) is 2.99. The molecule has 1 aliphatic rings. The molecule has 0 saturated carbocycles. The first-order chi connectivity index (χ1) is 12.8. The van der Waals surface area contributed by atoms with Gasteiger partial charge in [-0.15, -0.1) is 0 Å². The van der Waals surface area contributed by atoms with Crippen LogP contribution in [0.3, 0.4) is 0 Å². The molecule has 27 heavy (non-hydrogen) atoms. The molecule has 1 heterocycles. The lowest BCUT2D eigenvalue weighted by Gasteiger charge is -2.17. The van der Waals surface area contributed by atoms with Crippen LogP contribution >= 0.6 is 15.9 Å². The van der Waals surface area contributed by atoms with E-state index >= 15 is 0 Å². The maximum absolute atomic E-state index is 12.6. The van der Waals surface area contributed by atoms with Gasteiger partial charge >= 0.3 is 0 Å². The van der Waals surface area contributed by atoms with Crippen LogP contribution in [0.5, 0.6) is 0 Å². The SMILES string of the molecule is CN(C)C(=O)c1cccc(NC(=O)[C@H]2CC(=O)N(c3ccc(Br)cc3)C2)c1. The van der Waals surface area contributed by atoms with Gasteiger partial charge in [-0.1, -0.05) is 22.0 Å². The third kappa shape index (κ3) is 4.36. The van der Waals surface area contributed by atoms with Crippen LogP contribution in [-0.4, -0.2) is 43.3 Å². The fraction of sp³-hybridized carbons (Fsp3) is 0.250. The quantitative estimate of drug-likeness (QED) is 0.811.